The molecule has 1 aromatic carbocycles. The molecule has 1 saturated heterocycles. The Labute approximate surface area is 110 Å². The SMILES string of the molecule is O=C1CCC(=O)OCC(Cc2ccc(Cl)cc2)N1. The summed E-state index contributed by atoms with van der Waals surface area (Å²) in [6, 6.07) is 7.22. The molecule has 1 unspecified atom stereocenters. The number of nitrogens with one attached hydrogen (secondary N) is 1. The van der Waals surface area contributed by atoms with Crippen LogP contribution in [-0.2, 0) is 20.7 Å². The van der Waals surface area contributed by atoms with Crippen molar-refractivity contribution in [2.24, 2.45) is 0 Å². The molecule has 1 aliphatic rings. The standard InChI is InChI=1S/C13H14ClNO3/c14-10-3-1-9(2-4-10)7-11-8-18-13(17)6-5-12(16)15-11/h1-4,11H,5-8H2,(H,15,16). The highest BCUT2D eigenvalue weighted by Gasteiger charge is 2.19. The van der Waals surface area contributed by atoms with Crippen LogP contribution >= 0.6 is 11.6 Å². The van der Waals surface area contributed by atoms with E-state index in [-0.39, 0.29) is 37.4 Å². The number of benzene rings is 1. The number of cyclic esters (lactones) is 1. The normalized spacial score (nSPS) is 20.6. The molecular weight excluding hydrogens is 254 g/mol. The molecule has 0 bridgehead atoms. The van der Waals surface area contributed by atoms with Gasteiger partial charge < -0.3 is 10.1 Å². The number of halogens is 1. The van der Waals surface area contributed by atoms with Gasteiger partial charge in [0.05, 0.1) is 12.5 Å². The molecule has 0 saturated carbocycles. The molecule has 1 aromatic rings. The van der Waals surface area contributed by atoms with Gasteiger partial charge in [0.2, 0.25) is 5.91 Å². The van der Waals surface area contributed by atoms with Crippen LogP contribution in [0.5, 0.6) is 0 Å². The number of ether oxygens (including phenoxy) is 1. The van der Waals surface area contributed by atoms with Crippen molar-refractivity contribution in [2.45, 2.75) is 25.3 Å². The van der Waals surface area contributed by atoms with Gasteiger partial charge >= 0.3 is 5.97 Å². The average molecular weight is 268 g/mol. The van der Waals surface area contributed by atoms with E-state index < -0.39 is 0 Å². The van der Waals surface area contributed by atoms with Gasteiger partial charge in [-0.2, -0.15) is 0 Å². The van der Waals surface area contributed by atoms with Crippen molar-refractivity contribution in [3.63, 3.8) is 0 Å². The molecule has 4 nitrogen and oxygen atoms in total. The monoisotopic (exact) mass is 267 g/mol. The predicted molar refractivity (Wildman–Crippen MR) is 67.3 cm³/mol. The first-order chi connectivity index (χ1) is 8.63. The third-order valence-electron chi connectivity index (χ3n) is 2.76. The van der Waals surface area contributed by atoms with Crippen LogP contribution in [0.3, 0.4) is 0 Å². The molecule has 1 atom stereocenters. The summed E-state index contributed by atoms with van der Waals surface area (Å²) in [5, 5.41) is 3.53. The second-order valence-electron chi connectivity index (χ2n) is 4.28. The van der Waals surface area contributed by atoms with Crippen molar-refractivity contribution in [1.82, 2.24) is 5.32 Å². The van der Waals surface area contributed by atoms with Crippen LogP contribution in [-0.4, -0.2) is 24.5 Å². The Bertz CT molecular complexity index is 444. The summed E-state index contributed by atoms with van der Waals surface area (Å²) >= 11 is 5.81. The van der Waals surface area contributed by atoms with Gasteiger partial charge in [0.25, 0.3) is 0 Å². The van der Waals surface area contributed by atoms with Crippen molar-refractivity contribution in [3.05, 3.63) is 34.9 Å². The summed E-state index contributed by atoms with van der Waals surface area (Å²) in [6.45, 7) is 0.215. The minimum atomic E-state index is -0.314. The Balaban J connectivity index is 1.99. The Morgan fingerprint density at radius 3 is 2.67 bits per heavy atom. The molecule has 5 heteroatoms. The molecule has 2 rings (SSSR count). The first kappa shape index (κ1) is 12.9. The quantitative estimate of drug-likeness (QED) is 0.830. The Morgan fingerprint density at radius 2 is 1.94 bits per heavy atom. The van der Waals surface area contributed by atoms with Gasteiger partial charge in [-0.1, -0.05) is 23.7 Å². The van der Waals surface area contributed by atoms with Crippen molar-refractivity contribution >= 4 is 23.5 Å². The zero-order chi connectivity index (χ0) is 13.0. The van der Waals surface area contributed by atoms with Crippen LogP contribution in [0.25, 0.3) is 0 Å². The van der Waals surface area contributed by atoms with E-state index >= 15 is 0 Å². The molecule has 1 aliphatic heterocycles. The number of amides is 1. The summed E-state index contributed by atoms with van der Waals surface area (Å²) in [5.41, 5.74) is 1.04. The van der Waals surface area contributed by atoms with Crippen LogP contribution in [0.1, 0.15) is 18.4 Å². The molecule has 1 heterocycles. The molecule has 0 spiro atoms. The van der Waals surface area contributed by atoms with Gasteiger partial charge in [-0.15, -0.1) is 0 Å². The second kappa shape index (κ2) is 5.87. The maximum atomic E-state index is 11.5. The van der Waals surface area contributed by atoms with E-state index in [1.54, 1.807) is 12.1 Å². The number of hydrogen-bond donors (Lipinski definition) is 1. The van der Waals surface area contributed by atoms with E-state index in [1.165, 1.54) is 0 Å². The van der Waals surface area contributed by atoms with Gasteiger partial charge in [-0.3, -0.25) is 9.59 Å². The van der Waals surface area contributed by atoms with E-state index in [4.69, 9.17) is 16.3 Å². The maximum Gasteiger partial charge on any atom is 0.306 e. The van der Waals surface area contributed by atoms with E-state index in [0.717, 1.165) is 5.56 Å². The van der Waals surface area contributed by atoms with Crippen molar-refractivity contribution < 1.29 is 14.3 Å². The van der Waals surface area contributed by atoms with Gasteiger partial charge in [0.15, 0.2) is 0 Å². The number of carbonyl (C=O) groups excluding carboxylic acids is 2. The van der Waals surface area contributed by atoms with Crippen LogP contribution in [0.4, 0.5) is 0 Å². The topological polar surface area (TPSA) is 55.4 Å². The zero-order valence-corrected chi connectivity index (χ0v) is 10.6. The number of carbonyl (C=O) groups is 2. The lowest BCUT2D eigenvalue weighted by Gasteiger charge is -2.21. The molecule has 18 heavy (non-hydrogen) atoms. The van der Waals surface area contributed by atoms with Crippen LogP contribution in [0.2, 0.25) is 5.02 Å². The summed E-state index contributed by atoms with van der Waals surface area (Å²) in [6.07, 6.45) is 0.964. The largest absolute Gasteiger partial charge is 0.463 e. The highest BCUT2D eigenvalue weighted by Crippen LogP contribution is 2.12. The van der Waals surface area contributed by atoms with E-state index in [9.17, 15) is 9.59 Å². The summed E-state index contributed by atoms with van der Waals surface area (Å²) in [4.78, 5) is 22.7. The maximum absolute atomic E-state index is 11.5. The molecule has 0 aromatic heterocycles. The zero-order valence-electron chi connectivity index (χ0n) is 9.82. The number of rotatable bonds is 2. The number of esters is 1. The summed E-state index contributed by atoms with van der Waals surface area (Å²) in [7, 11) is 0. The molecule has 0 radical (unpaired) electrons. The van der Waals surface area contributed by atoms with E-state index in [0.29, 0.717) is 11.4 Å². The third-order valence-corrected chi connectivity index (χ3v) is 3.01. The van der Waals surface area contributed by atoms with Gasteiger partial charge in [0.1, 0.15) is 6.61 Å². The molecule has 96 valence electrons. The van der Waals surface area contributed by atoms with Gasteiger partial charge in [-0.25, -0.2) is 0 Å². The lowest BCUT2D eigenvalue weighted by Crippen LogP contribution is -2.42. The van der Waals surface area contributed by atoms with E-state index in [2.05, 4.69) is 5.32 Å². The first-order valence-electron chi connectivity index (χ1n) is 5.83. The minimum Gasteiger partial charge on any atom is -0.463 e. The molecule has 0 aliphatic carbocycles. The highest BCUT2D eigenvalue weighted by atomic mass is 35.5. The molecular formula is C13H14ClNO3. The molecule has 1 amide bonds. The number of hydrogen-bond acceptors (Lipinski definition) is 3. The third kappa shape index (κ3) is 3.74. The fraction of sp³-hybridized carbons (Fsp3) is 0.385. The molecule has 1 fully saturated rings. The van der Waals surface area contributed by atoms with Crippen molar-refractivity contribution in [2.75, 3.05) is 6.61 Å². The van der Waals surface area contributed by atoms with Crippen LogP contribution in [0.15, 0.2) is 24.3 Å². The van der Waals surface area contributed by atoms with Crippen molar-refractivity contribution in [1.29, 1.82) is 0 Å². The van der Waals surface area contributed by atoms with Crippen LogP contribution < -0.4 is 5.32 Å². The predicted octanol–water partition coefficient (Wildman–Crippen LogP) is 1.70. The smallest absolute Gasteiger partial charge is 0.306 e. The fourth-order valence-electron chi connectivity index (χ4n) is 1.84. The highest BCUT2D eigenvalue weighted by molar-refractivity contribution is 6.30. The molecule has 1 N–H and O–H groups in total. The Morgan fingerprint density at radius 1 is 1.22 bits per heavy atom. The second-order valence-corrected chi connectivity index (χ2v) is 4.71. The van der Waals surface area contributed by atoms with Gasteiger partial charge in [0, 0.05) is 11.4 Å². The van der Waals surface area contributed by atoms with E-state index in [1.807, 2.05) is 12.1 Å². The lowest BCUT2D eigenvalue weighted by atomic mass is 10.1. The average Bonchev–Trinajstić information content (AvgIpc) is 2.34. The first-order valence-corrected chi connectivity index (χ1v) is 6.21. The van der Waals surface area contributed by atoms with Crippen molar-refractivity contribution in [3.8, 4) is 0 Å². The Hall–Kier alpha value is -1.55. The summed E-state index contributed by atoms with van der Waals surface area (Å²) in [5.74, 6) is -0.420. The van der Waals surface area contributed by atoms with Gasteiger partial charge in [-0.05, 0) is 24.1 Å². The summed E-state index contributed by atoms with van der Waals surface area (Å²) < 4.78 is 5.06. The fourth-order valence-corrected chi connectivity index (χ4v) is 1.96. The lowest BCUT2D eigenvalue weighted by molar-refractivity contribution is -0.147. The van der Waals surface area contributed by atoms with Crippen LogP contribution in [0, 0.1) is 0 Å². The minimum absolute atomic E-state index is 0.106. The Kier molecular flexibility index (Phi) is 4.20.